The Kier molecular flexibility index (Phi) is 7.78. The van der Waals surface area contributed by atoms with Crippen molar-refractivity contribution in [2.75, 3.05) is 26.7 Å². The van der Waals surface area contributed by atoms with E-state index in [0.717, 1.165) is 24.6 Å². The van der Waals surface area contributed by atoms with Gasteiger partial charge in [-0.3, -0.25) is 4.99 Å². The monoisotopic (exact) mass is 419 g/mol. The van der Waals surface area contributed by atoms with Crippen LogP contribution in [0.5, 0.6) is 11.5 Å². The predicted molar refractivity (Wildman–Crippen MR) is 100 cm³/mol. The summed E-state index contributed by atoms with van der Waals surface area (Å²) in [5, 5.41) is 10.0. The van der Waals surface area contributed by atoms with E-state index in [1.54, 1.807) is 13.2 Å². The van der Waals surface area contributed by atoms with Crippen LogP contribution < -0.4 is 10.5 Å². The molecule has 1 aliphatic rings. The molecule has 0 saturated carbocycles. The Morgan fingerprint density at radius 3 is 2.73 bits per heavy atom. The van der Waals surface area contributed by atoms with E-state index in [2.05, 4.69) is 16.8 Å². The molecule has 0 aliphatic carbocycles. The fraction of sp³-hybridized carbons (Fsp3) is 0.562. The summed E-state index contributed by atoms with van der Waals surface area (Å²) in [7, 11) is 1.55. The van der Waals surface area contributed by atoms with Gasteiger partial charge in [-0.1, -0.05) is 19.1 Å². The molecule has 0 spiro atoms. The van der Waals surface area contributed by atoms with Crippen molar-refractivity contribution < 1.29 is 9.84 Å². The van der Waals surface area contributed by atoms with Gasteiger partial charge in [0.1, 0.15) is 0 Å². The lowest BCUT2D eigenvalue weighted by Crippen LogP contribution is -2.42. The first-order chi connectivity index (χ1) is 10.1. The number of aromatic hydroxyl groups is 1. The third-order valence-corrected chi connectivity index (χ3v) is 4.07. The van der Waals surface area contributed by atoms with Crippen LogP contribution in [0.3, 0.4) is 0 Å². The average molecular weight is 419 g/mol. The number of phenolic OH excluding ortho intramolecular Hbond substituents is 1. The van der Waals surface area contributed by atoms with Crippen LogP contribution in [0.1, 0.15) is 25.3 Å². The largest absolute Gasteiger partial charge is 0.504 e. The normalized spacial score (nSPS) is 16.3. The van der Waals surface area contributed by atoms with Crippen molar-refractivity contribution in [3.63, 3.8) is 0 Å². The molecule has 1 fully saturated rings. The molecule has 2 rings (SSSR count). The highest BCUT2D eigenvalue weighted by Crippen LogP contribution is 2.29. The third-order valence-electron chi connectivity index (χ3n) is 4.07. The molecule has 1 aliphatic heterocycles. The highest BCUT2D eigenvalue weighted by Gasteiger charge is 2.16. The van der Waals surface area contributed by atoms with Gasteiger partial charge in [-0.25, -0.2) is 0 Å². The minimum atomic E-state index is 0. The summed E-state index contributed by atoms with van der Waals surface area (Å²) in [6, 6.07) is 5.49. The number of nitrogens with zero attached hydrogens (tertiary/aromatic N) is 2. The lowest BCUT2D eigenvalue weighted by Gasteiger charge is -2.31. The van der Waals surface area contributed by atoms with E-state index in [9.17, 15) is 5.11 Å². The number of guanidine groups is 1. The third kappa shape index (κ3) is 4.93. The van der Waals surface area contributed by atoms with Crippen molar-refractivity contribution in [3.05, 3.63) is 23.8 Å². The predicted octanol–water partition coefficient (Wildman–Crippen LogP) is 2.61. The zero-order valence-corrected chi connectivity index (χ0v) is 15.6. The molecule has 5 nitrogen and oxygen atoms in total. The van der Waals surface area contributed by atoms with Crippen LogP contribution in [0.25, 0.3) is 0 Å². The standard InChI is InChI=1S/C16H25N3O2.HI/c1-12-7-10-19(11-8-12)16(17)18-9-6-13-4-3-5-14(21-2)15(13)20;/h3-5,12,20H,6-11H2,1-2H3,(H2,17,18);1H. The maximum Gasteiger partial charge on any atom is 0.191 e. The summed E-state index contributed by atoms with van der Waals surface area (Å²) in [5.41, 5.74) is 6.87. The summed E-state index contributed by atoms with van der Waals surface area (Å²) in [6.07, 6.45) is 2.99. The minimum absolute atomic E-state index is 0. The molecule has 1 aromatic rings. The molecule has 1 aromatic carbocycles. The number of ether oxygens (including phenoxy) is 1. The SMILES string of the molecule is COc1cccc(CCN=C(N)N2CCC(C)CC2)c1O.I. The van der Waals surface area contributed by atoms with Crippen molar-refractivity contribution in [1.82, 2.24) is 4.90 Å². The molecule has 0 radical (unpaired) electrons. The van der Waals surface area contributed by atoms with Gasteiger partial charge in [0.2, 0.25) is 0 Å². The lowest BCUT2D eigenvalue weighted by molar-refractivity contribution is 0.277. The number of nitrogens with two attached hydrogens (primary N) is 1. The Morgan fingerprint density at radius 1 is 1.41 bits per heavy atom. The van der Waals surface area contributed by atoms with E-state index in [-0.39, 0.29) is 29.7 Å². The summed E-state index contributed by atoms with van der Waals surface area (Å²) in [4.78, 5) is 6.58. The van der Waals surface area contributed by atoms with E-state index < -0.39 is 0 Å². The first-order valence-corrected chi connectivity index (χ1v) is 7.51. The number of likely N-dealkylation sites (tertiary alicyclic amines) is 1. The fourth-order valence-electron chi connectivity index (χ4n) is 2.56. The lowest BCUT2D eigenvalue weighted by atomic mass is 10.00. The van der Waals surface area contributed by atoms with E-state index in [0.29, 0.717) is 24.7 Å². The molecule has 6 heteroatoms. The van der Waals surface area contributed by atoms with Gasteiger partial charge in [0.05, 0.1) is 7.11 Å². The van der Waals surface area contributed by atoms with E-state index in [1.807, 2.05) is 12.1 Å². The highest BCUT2D eigenvalue weighted by atomic mass is 127. The number of phenols is 1. The van der Waals surface area contributed by atoms with Gasteiger partial charge in [0, 0.05) is 19.6 Å². The number of methoxy groups -OCH3 is 1. The molecule has 22 heavy (non-hydrogen) atoms. The number of hydrogen-bond acceptors (Lipinski definition) is 3. The summed E-state index contributed by atoms with van der Waals surface area (Å²) in [6.45, 7) is 4.82. The number of halogens is 1. The molecule has 0 unspecified atom stereocenters. The smallest absolute Gasteiger partial charge is 0.191 e. The number of rotatable bonds is 4. The molecule has 124 valence electrons. The summed E-state index contributed by atoms with van der Waals surface area (Å²) < 4.78 is 5.10. The summed E-state index contributed by atoms with van der Waals surface area (Å²) >= 11 is 0. The summed E-state index contributed by atoms with van der Waals surface area (Å²) in [5.74, 6) is 2.09. The minimum Gasteiger partial charge on any atom is -0.504 e. The van der Waals surface area contributed by atoms with Crippen molar-refractivity contribution in [2.45, 2.75) is 26.2 Å². The van der Waals surface area contributed by atoms with Gasteiger partial charge in [-0.15, -0.1) is 24.0 Å². The zero-order valence-electron chi connectivity index (χ0n) is 13.3. The van der Waals surface area contributed by atoms with Crippen LogP contribution >= 0.6 is 24.0 Å². The molecule has 0 amide bonds. The Labute approximate surface area is 149 Å². The van der Waals surface area contributed by atoms with E-state index in [1.165, 1.54) is 12.8 Å². The molecule has 1 heterocycles. The van der Waals surface area contributed by atoms with Gasteiger partial charge in [-0.05, 0) is 36.8 Å². The highest BCUT2D eigenvalue weighted by molar-refractivity contribution is 14.0. The van der Waals surface area contributed by atoms with Crippen LogP contribution in [0.15, 0.2) is 23.2 Å². The maximum atomic E-state index is 10.0. The molecule has 0 bridgehead atoms. The van der Waals surface area contributed by atoms with Gasteiger partial charge in [-0.2, -0.15) is 0 Å². The molecule has 3 N–H and O–H groups in total. The molecular formula is C16H26IN3O2. The average Bonchev–Trinajstić information content (AvgIpc) is 2.49. The van der Waals surface area contributed by atoms with Gasteiger partial charge in [0.15, 0.2) is 17.5 Å². The van der Waals surface area contributed by atoms with Crippen LogP contribution in [0, 0.1) is 5.92 Å². The van der Waals surface area contributed by atoms with Crippen LogP contribution in [-0.2, 0) is 6.42 Å². The second kappa shape index (κ2) is 9.07. The first-order valence-electron chi connectivity index (χ1n) is 7.51. The number of benzene rings is 1. The van der Waals surface area contributed by atoms with Gasteiger partial charge >= 0.3 is 0 Å². The quantitative estimate of drug-likeness (QED) is 0.447. The fourth-order valence-corrected chi connectivity index (χ4v) is 2.56. The second-order valence-corrected chi connectivity index (χ2v) is 5.63. The number of piperidine rings is 1. The Balaban J connectivity index is 0.00000242. The van der Waals surface area contributed by atoms with Gasteiger partial charge < -0.3 is 20.5 Å². The van der Waals surface area contributed by atoms with Gasteiger partial charge in [0.25, 0.3) is 0 Å². The second-order valence-electron chi connectivity index (χ2n) is 5.63. The van der Waals surface area contributed by atoms with Crippen molar-refractivity contribution >= 4 is 29.9 Å². The van der Waals surface area contributed by atoms with Crippen molar-refractivity contribution in [1.29, 1.82) is 0 Å². The van der Waals surface area contributed by atoms with Crippen LogP contribution in [0.4, 0.5) is 0 Å². The Bertz CT molecular complexity index is 500. The number of aliphatic imine (C=N–C) groups is 1. The molecule has 0 atom stereocenters. The van der Waals surface area contributed by atoms with Crippen molar-refractivity contribution in [2.24, 2.45) is 16.6 Å². The number of hydrogen-bond donors (Lipinski definition) is 2. The Morgan fingerprint density at radius 2 is 2.09 bits per heavy atom. The Hall–Kier alpha value is -1.18. The number of para-hydroxylation sites is 1. The van der Waals surface area contributed by atoms with E-state index >= 15 is 0 Å². The van der Waals surface area contributed by atoms with Crippen LogP contribution in [0.2, 0.25) is 0 Å². The molecular weight excluding hydrogens is 393 g/mol. The van der Waals surface area contributed by atoms with E-state index in [4.69, 9.17) is 10.5 Å². The zero-order chi connectivity index (χ0) is 15.2. The van der Waals surface area contributed by atoms with Crippen molar-refractivity contribution in [3.8, 4) is 11.5 Å². The first kappa shape index (κ1) is 18.9. The topological polar surface area (TPSA) is 71.1 Å². The molecule has 1 saturated heterocycles. The maximum absolute atomic E-state index is 10.0. The molecule has 0 aromatic heterocycles. The van der Waals surface area contributed by atoms with Crippen LogP contribution in [-0.4, -0.2) is 42.7 Å².